The molecule has 0 bridgehead atoms. The molecule has 53 heavy (non-hydrogen) atoms. The molecule has 0 amide bonds. The number of allylic oxidation sites excluding steroid dienone is 6. The first-order valence-corrected chi connectivity index (χ1v) is 19.4. The number of anilines is 4. The normalized spacial score (nSPS) is 15.6. The van der Waals surface area contributed by atoms with Crippen LogP contribution < -0.4 is 9.80 Å². The van der Waals surface area contributed by atoms with E-state index in [1.165, 1.54) is 64.4 Å². The highest BCUT2D eigenvalue weighted by atomic mass is 32.1. The molecule has 0 aliphatic heterocycles. The van der Waals surface area contributed by atoms with Crippen LogP contribution in [0.15, 0.2) is 200 Å². The minimum atomic E-state index is 0.261. The fraction of sp³-hybridized carbons (Fsp3) is 0.0800. The Labute approximate surface area is 314 Å². The molecular weight excluding hydrogens is 661 g/mol. The lowest BCUT2D eigenvalue weighted by molar-refractivity contribution is 0.844. The van der Waals surface area contributed by atoms with Crippen LogP contribution in [0.3, 0.4) is 0 Å². The first-order chi connectivity index (χ1) is 26.3. The lowest BCUT2D eigenvalue weighted by Crippen LogP contribution is -2.22. The summed E-state index contributed by atoms with van der Waals surface area (Å²) in [4.78, 5) is 4.82. The summed E-state index contributed by atoms with van der Waals surface area (Å²) < 4.78 is 2.67. The molecule has 3 heteroatoms. The van der Waals surface area contributed by atoms with Crippen molar-refractivity contribution in [3.05, 3.63) is 205 Å². The van der Waals surface area contributed by atoms with E-state index in [9.17, 15) is 0 Å². The van der Waals surface area contributed by atoms with Gasteiger partial charge in [0.05, 0.1) is 0 Å². The molecule has 0 radical (unpaired) electrons. The molecule has 0 spiro atoms. The molecule has 0 fully saturated rings. The minimum absolute atomic E-state index is 0.261. The number of para-hydroxylation sites is 2. The third kappa shape index (κ3) is 5.74. The lowest BCUT2D eigenvalue weighted by atomic mass is 9.85. The van der Waals surface area contributed by atoms with Gasteiger partial charge in [0.2, 0.25) is 0 Å². The number of fused-ring (bicyclic) bond motifs is 6. The third-order valence-corrected chi connectivity index (χ3v) is 11.9. The molecule has 254 valence electrons. The zero-order chi connectivity index (χ0) is 35.1. The Balaban J connectivity index is 1.05. The Hall–Kier alpha value is -6.16. The number of hydrogen-bond donors (Lipinski definition) is 0. The number of rotatable bonds is 7. The van der Waals surface area contributed by atoms with Crippen LogP contribution in [0, 0.1) is 0 Å². The Morgan fingerprint density at radius 1 is 0.453 bits per heavy atom. The first-order valence-electron chi connectivity index (χ1n) is 18.6. The summed E-state index contributed by atoms with van der Waals surface area (Å²) in [6.07, 6.45) is 17.3. The van der Waals surface area contributed by atoms with Crippen LogP contribution in [-0.4, -0.2) is 0 Å². The molecule has 1 unspecified atom stereocenters. The van der Waals surface area contributed by atoms with Crippen LogP contribution in [0.4, 0.5) is 22.7 Å². The summed E-state index contributed by atoms with van der Waals surface area (Å²) in [5, 5.41) is 7.81. The SMILES string of the molecule is C1=CC(N(C2=CCC(c3cc4ccccc4c4cc(N(c5ccccc5)c5ccccc5)ccc34)C=C2)c2ccc3sc4ccccc4c3c2)=CCC1. The molecule has 7 aromatic carbocycles. The second kappa shape index (κ2) is 13.4. The first kappa shape index (κ1) is 31.6. The van der Waals surface area contributed by atoms with Crippen LogP contribution >= 0.6 is 11.3 Å². The largest absolute Gasteiger partial charge is 0.311 e. The smallest absolute Gasteiger partial charge is 0.0468 e. The summed E-state index contributed by atoms with van der Waals surface area (Å²) in [5.41, 5.74) is 8.49. The molecule has 10 rings (SSSR count). The summed E-state index contributed by atoms with van der Waals surface area (Å²) in [6.45, 7) is 0. The second-order valence-electron chi connectivity index (χ2n) is 14.0. The Bertz CT molecular complexity index is 2730. The van der Waals surface area contributed by atoms with Gasteiger partial charge in [0.15, 0.2) is 0 Å². The number of thiophene rings is 1. The van der Waals surface area contributed by atoms with Gasteiger partial charge in [-0.15, -0.1) is 11.3 Å². The van der Waals surface area contributed by atoms with Crippen LogP contribution in [0.1, 0.15) is 30.7 Å². The van der Waals surface area contributed by atoms with E-state index in [0.717, 1.165) is 36.3 Å². The summed E-state index contributed by atoms with van der Waals surface area (Å²) in [7, 11) is 0. The van der Waals surface area contributed by atoms with Crippen LogP contribution in [0.25, 0.3) is 41.7 Å². The zero-order valence-corrected chi connectivity index (χ0v) is 30.2. The number of nitrogens with zero attached hydrogens (tertiary/aromatic N) is 2. The fourth-order valence-corrected chi connectivity index (χ4v) is 9.33. The van der Waals surface area contributed by atoms with E-state index in [1.54, 1.807) is 0 Å². The predicted octanol–water partition coefficient (Wildman–Crippen LogP) is 14.5. The molecule has 1 aromatic heterocycles. The maximum Gasteiger partial charge on any atom is 0.0468 e. The molecule has 1 atom stereocenters. The average molecular weight is 699 g/mol. The van der Waals surface area contributed by atoms with Crippen molar-refractivity contribution in [3.8, 4) is 0 Å². The van der Waals surface area contributed by atoms with Gasteiger partial charge in [-0.25, -0.2) is 0 Å². The van der Waals surface area contributed by atoms with E-state index in [1.807, 2.05) is 11.3 Å². The van der Waals surface area contributed by atoms with Crippen molar-refractivity contribution in [2.45, 2.75) is 25.2 Å². The van der Waals surface area contributed by atoms with Crippen molar-refractivity contribution in [2.24, 2.45) is 0 Å². The molecule has 2 aliphatic carbocycles. The van der Waals surface area contributed by atoms with Gasteiger partial charge in [-0.2, -0.15) is 0 Å². The van der Waals surface area contributed by atoms with Gasteiger partial charge in [-0.1, -0.05) is 109 Å². The van der Waals surface area contributed by atoms with Gasteiger partial charge >= 0.3 is 0 Å². The highest BCUT2D eigenvalue weighted by molar-refractivity contribution is 7.25. The van der Waals surface area contributed by atoms with E-state index >= 15 is 0 Å². The molecule has 8 aromatic rings. The van der Waals surface area contributed by atoms with Crippen molar-refractivity contribution < 1.29 is 0 Å². The molecule has 1 heterocycles. The van der Waals surface area contributed by atoms with Crippen molar-refractivity contribution in [3.63, 3.8) is 0 Å². The molecule has 0 saturated carbocycles. The summed E-state index contributed by atoms with van der Waals surface area (Å²) in [5.74, 6) is 0.261. The van der Waals surface area contributed by atoms with Crippen molar-refractivity contribution in [1.29, 1.82) is 0 Å². The van der Waals surface area contributed by atoms with E-state index in [4.69, 9.17) is 0 Å². The van der Waals surface area contributed by atoms with Crippen molar-refractivity contribution in [1.82, 2.24) is 0 Å². The Morgan fingerprint density at radius 2 is 1.11 bits per heavy atom. The lowest BCUT2D eigenvalue weighted by Gasteiger charge is -2.31. The minimum Gasteiger partial charge on any atom is -0.311 e. The third-order valence-electron chi connectivity index (χ3n) is 10.8. The number of benzene rings is 7. The standard InChI is InChI=1S/C50H38N2S/c1-4-15-37(16-5-1)51(38-17-6-2-7-18-38)41-28-30-44-46(32-36-14-10-11-21-43(36)47(44)33-41)35-24-26-40(27-25-35)52(39-19-8-3-9-20-39)42-29-31-50-48(34-42)45-22-12-13-23-49(45)53-50/h1-2,4-8,10-24,26-35H,3,9,25H2. The maximum absolute atomic E-state index is 2.46. The van der Waals surface area contributed by atoms with Crippen LogP contribution in [0.2, 0.25) is 0 Å². The van der Waals surface area contributed by atoms with E-state index in [-0.39, 0.29) is 5.92 Å². The number of hydrogen-bond acceptors (Lipinski definition) is 3. The topological polar surface area (TPSA) is 6.48 Å². The van der Waals surface area contributed by atoms with E-state index < -0.39 is 0 Å². The van der Waals surface area contributed by atoms with Crippen LogP contribution in [0.5, 0.6) is 0 Å². The fourth-order valence-electron chi connectivity index (χ4n) is 8.24. The van der Waals surface area contributed by atoms with Crippen molar-refractivity contribution in [2.75, 3.05) is 9.80 Å². The predicted molar refractivity (Wildman–Crippen MR) is 229 cm³/mol. The molecular formula is C50H38N2S. The quantitative estimate of drug-likeness (QED) is 0.153. The van der Waals surface area contributed by atoms with E-state index in [0.29, 0.717) is 0 Å². The average Bonchev–Trinajstić information content (AvgIpc) is 3.60. The maximum atomic E-state index is 2.46. The van der Waals surface area contributed by atoms with Gasteiger partial charge in [0.1, 0.15) is 0 Å². The van der Waals surface area contributed by atoms with Gasteiger partial charge < -0.3 is 9.80 Å². The second-order valence-corrected chi connectivity index (χ2v) is 15.1. The summed E-state index contributed by atoms with van der Waals surface area (Å²) in [6, 6.07) is 55.4. The highest BCUT2D eigenvalue weighted by Gasteiger charge is 2.23. The van der Waals surface area contributed by atoms with Crippen molar-refractivity contribution >= 4 is 75.8 Å². The molecule has 0 N–H and O–H groups in total. The Morgan fingerprint density at radius 3 is 1.87 bits per heavy atom. The van der Waals surface area contributed by atoms with Gasteiger partial charge in [-0.05, 0) is 125 Å². The van der Waals surface area contributed by atoms with Crippen LogP contribution in [-0.2, 0) is 0 Å². The molecule has 2 nitrogen and oxygen atoms in total. The van der Waals surface area contributed by atoms with Gasteiger partial charge in [0, 0.05) is 60.2 Å². The monoisotopic (exact) mass is 698 g/mol. The molecule has 0 saturated heterocycles. The summed E-state index contributed by atoms with van der Waals surface area (Å²) >= 11 is 1.87. The molecule has 2 aliphatic rings. The zero-order valence-electron chi connectivity index (χ0n) is 29.4. The van der Waals surface area contributed by atoms with E-state index in [2.05, 4.69) is 198 Å². The Kier molecular flexibility index (Phi) is 8.00. The van der Waals surface area contributed by atoms with Gasteiger partial charge in [-0.3, -0.25) is 0 Å². The highest BCUT2D eigenvalue weighted by Crippen LogP contribution is 2.43. The van der Waals surface area contributed by atoms with Gasteiger partial charge in [0.25, 0.3) is 0 Å².